The maximum Gasteiger partial charge on any atom is 0.252 e. The van der Waals surface area contributed by atoms with Crippen molar-refractivity contribution in [2.45, 2.75) is 6.54 Å². The molecule has 98 valence electrons. The lowest BCUT2D eigenvalue weighted by atomic mass is 10.2. The zero-order valence-electron chi connectivity index (χ0n) is 10.1. The second-order valence-electron chi connectivity index (χ2n) is 4.01. The molecule has 0 aliphatic carbocycles. The molecule has 5 N–H and O–H groups in total. The number of amides is 1. The lowest BCUT2D eigenvalue weighted by molar-refractivity contribution is 0.100. The van der Waals surface area contributed by atoms with E-state index in [1.54, 1.807) is 6.07 Å². The Morgan fingerprint density at radius 2 is 2.00 bits per heavy atom. The van der Waals surface area contributed by atoms with Gasteiger partial charge in [0.25, 0.3) is 5.91 Å². The van der Waals surface area contributed by atoms with Crippen molar-refractivity contribution < 1.29 is 4.79 Å². The van der Waals surface area contributed by atoms with Crippen molar-refractivity contribution in [2.75, 3.05) is 11.1 Å². The second kappa shape index (κ2) is 5.58. The molecule has 0 aliphatic rings. The molecule has 1 amide bonds. The molecule has 0 radical (unpaired) electrons. The number of nitrogens with zero attached hydrogens (tertiary/aromatic N) is 1. The largest absolute Gasteiger partial charge is 0.399 e. The van der Waals surface area contributed by atoms with Gasteiger partial charge in [0.15, 0.2) is 0 Å². The van der Waals surface area contributed by atoms with Gasteiger partial charge in [-0.2, -0.15) is 0 Å². The quantitative estimate of drug-likeness (QED) is 0.588. The van der Waals surface area contributed by atoms with Crippen molar-refractivity contribution in [3.8, 4) is 0 Å². The number of aromatic nitrogens is 1. The molecular formula is C13H13ClN4O. The van der Waals surface area contributed by atoms with Crippen LogP contribution in [0.4, 0.5) is 11.4 Å². The molecule has 1 aromatic carbocycles. The molecule has 0 bridgehead atoms. The molecule has 0 spiro atoms. The highest BCUT2D eigenvalue weighted by Crippen LogP contribution is 2.19. The van der Waals surface area contributed by atoms with Gasteiger partial charge in [-0.15, -0.1) is 0 Å². The van der Waals surface area contributed by atoms with E-state index >= 15 is 0 Å². The summed E-state index contributed by atoms with van der Waals surface area (Å²) in [6.45, 7) is 0.529. The summed E-state index contributed by atoms with van der Waals surface area (Å²) in [6, 6.07) is 8.99. The van der Waals surface area contributed by atoms with E-state index in [0.717, 1.165) is 5.56 Å². The van der Waals surface area contributed by atoms with Crippen LogP contribution in [0.2, 0.25) is 5.15 Å². The van der Waals surface area contributed by atoms with Gasteiger partial charge in [0.1, 0.15) is 5.15 Å². The highest BCUT2D eigenvalue weighted by molar-refractivity contribution is 6.29. The highest BCUT2D eigenvalue weighted by Gasteiger charge is 2.09. The van der Waals surface area contributed by atoms with Gasteiger partial charge in [0.05, 0.1) is 11.3 Å². The Hall–Kier alpha value is -2.27. The van der Waals surface area contributed by atoms with E-state index in [1.807, 2.05) is 24.3 Å². The number of carbonyl (C=O) groups is 1. The molecule has 6 heteroatoms. The van der Waals surface area contributed by atoms with Gasteiger partial charge in [-0.1, -0.05) is 23.7 Å². The summed E-state index contributed by atoms with van der Waals surface area (Å²) < 4.78 is 0. The number of carbonyl (C=O) groups excluding carboxylic acids is 1. The monoisotopic (exact) mass is 276 g/mol. The summed E-state index contributed by atoms with van der Waals surface area (Å²) in [5.41, 5.74) is 13.5. The topological polar surface area (TPSA) is 94.0 Å². The summed E-state index contributed by atoms with van der Waals surface area (Å²) in [7, 11) is 0. The van der Waals surface area contributed by atoms with E-state index in [1.165, 1.54) is 6.20 Å². The van der Waals surface area contributed by atoms with Gasteiger partial charge >= 0.3 is 0 Å². The number of nitrogen functional groups attached to an aromatic ring is 1. The molecule has 0 atom stereocenters. The molecule has 0 saturated heterocycles. The first kappa shape index (κ1) is 13.2. The number of halogens is 1. The predicted octanol–water partition coefficient (Wildman–Crippen LogP) is 2.03. The van der Waals surface area contributed by atoms with E-state index in [2.05, 4.69) is 10.3 Å². The molecule has 0 unspecified atom stereocenters. The molecular weight excluding hydrogens is 264 g/mol. The molecule has 19 heavy (non-hydrogen) atoms. The number of rotatable bonds is 4. The highest BCUT2D eigenvalue weighted by atomic mass is 35.5. The Balaban J connectivity index is 2.16. The number of nitrogens with two attached hydrogens (primary N) is 2. The smallest absolute Gasteiger partial charge is 0.252 e. The third kappa shape index (κ3) is 3.35. The van der Waals surface area contributed by atoms with Crippen LogP contribution < -0.4 is 16.8 Å². The van der Waals surface area contributed by atoms with Crippen LogP contribution in [-0.2, 0) is 6.54 Å². The number of hydrogen-bond donors (Lipinski definition) is 3. The zero-order valence-corrected chi connectivity index (χ0v) is 10.8. The number of primary amides is 1. The fourth-order valence-electron chi connectivity index (χ4n) is 1.61. The molecule has 0 saturated carbocycles. The molecule has 2 aromatic rings. The molecule has 2 rings (SSSR count). The Labute approximate surface area is 115 Å². The maximum absolute atomic E-state index is 11.3. The second-order valence-corrected chi connectivity index (χ2v) is 4.40. The van der Waals surface area contributed by atoms with Crippen LogP contribution in [0.1, 0.15) is 15.9 Å². The molecule has 0 fully saturated rings. The van der Waals surface area contributed by atoms with Crippen LogP contribution >= 0.6 is 11.6 Å². The Morgan fingerprint density at radius 1 is 1.32 bits per heavy atom. The van der Waals surface area contributed by atoms with E-state index in [0.29, 0.717) is 28.6 Å². The summed E-state index contributed by atoms with van der Waals surface area (Å²) in [5.74, 6) is -0.552. The minimum absolute atomic E-state index is 0.296. The van der Waals surface area contributed by atoms with Gasteiger partial charge in [-0.3, -0.25) is 4.79 Å². The first-order valence-electron chi connectivity index (χ1n) is 5.60. The SMILES string of the molecule is NC(=O)c1cnc(Cl)cc1NCc1ccc(N)cc1. The fourth-order valence-corrected chi connectivity index (χ4v) is 1.76. The molecule has 5 nitrogen and oxygen atoms in total. The fraction of sp³-hybridized carbons (Fsp3) is 0.0769. The molecule has 0 aliphatic heterocycles. The first-order valence-corrected chi connectivity index (χ1v) is 5.97. The number of benzene rings is 1. The van der Waals surface area contributed by atoms with Crippen molar-refractivity contribution in [3.63, 3.8) is 0 Å². The number of anilines is 2. The van der Waals surface area contributed by atoms with Crippen molar-refractivity contribution in [2.24, 2.45) is 5.73 Å². The van der Waals surface area contributed by atoms with Crippen molar-refractivity contribution in [3.05, 3.63) is 52.8 Å². The van der Waals surface area contributed by atoms with Crippen LogP contribution in [0.15, 0.2) is 36.5 Å². The maximum atomic E-state index is 11.3. The van der Waals surface area contributed by atoms with Crippen LogP contribution in [0.3, 0.4) is 0 Å². The van der Waals surface area contributed by atoms with Crippen LogP contribution in [0.25, 0.3) is 0 Å². The van der Waals surface area contributed by atoms with Crippen molar-refractivity contribution >= 4 is 28.9 Å². The minimum atomic E-state index is -0.552. The van der Waals surface area contributed by atoms with Gasteiger partial charge in [0, 0.05) is 18.4 Å². The molecule has 1 heterocycles. The number of nitrogens with one attached hydrogen (secondary N) is 1. The van der Waals surface area contributed by atoms with Gasteiger partial charge in [-0.25, -0.2) is 4.98 Å². The Kier molecular flexibility index (Phi) is 3.87. The third-order valence-electron chi connectivity index (χ3n) is 2.60. The summed E-state index contributed by atoms with van der Waals surface area (Å²) in [4.78, 5) is 15.1. The van der Waals surface area contributed by atoms with Crippen LogP contribution in [-0.4, -0.2) is 10.9 Å². The Bertz CT molecular complexity index is 598. The summed E-state index contributed by atoms with van der Waals surface area (Å²) >= 11 is 5.80. The lowest BCUT2D eigenvalue weighted by Crippen LogP contribution is -2.15. The normalized spacial score (nSPS) is 10.2. The van der Waals surface area contributed by atoms with Crippen LogP contribution in [0.5, 0.6) is 0 Å². The number of pyridine rings is 1. The van der Waals surface area contributed by atoms with Gasteiger partial charge in [-0.05, 0) is 23.8 Å². The van der Waals surface area contributed by atoms with E-state index in [4.69, 9.17) is 23.1 Å². The standard InChI is InChI=1S/C13H13ClN4O/c14-12-5-11(10(7-18-12)13(16)19)17-6-8-1-3-9(15)4-2-8/h1-5,7H,6,15H2,(H2,16,19)(H,17,18). The number of hydrogen-bond acceptors (Lipinski definition) is 4. The average Bonchev–Trinajstić information content (AvgIpc) is 2.38. The van der Waals surface area contributed by atoms with Crippen molar-refractivity contribution in [1.29, 1.82) is 0 Å². The lowest BCUT2D eigenvalue weighted by Gasteiger charge is -2.10. The molecule has 1 aromatic heterocycles. The van der Waals surface area contributed by atoms with E-state index < -0.39 is 5.91 Å². The van der Waals surface area contributed by atoms with Gasteiger partial charge < -0.3 is 16.8 Å². The Morgan fingerprint density at radius 3 is 2.63 bits per heavy atom. The average molecular weight is 277 g/mol. The van der Waals surface area contributed by atoms with E-state index in [-0.39, 0.29) is 0 Å². The summed E-state index contributed by atoms with van der Waals surface area (Å²) in [6.07, 6.45) is 1.36. The minimum Gasteiger partial charge on any atom is -0.399 e. The third-order valence-corrected chi connectivity index (χ3v) is 2.81. The summed E-state index contributed by atoms with van der Waals surface area (Å²) in [5, 5.41) is 3.40. The first-order chi connectivity index (χ1) is 9.06. The van der Waals surface area contributed by atoms with E-state index in [9.17, 15) is 4.79 Å². The van der Waals surface area contributed by atoms with Crippen molar-refractivity contribution in [1.82, 2.24) is 4.98 Å². The van der Waals surface area contributed by atoms with Crippen LogP contribution in [0, 0.1) is 0 Å². The zero-order chi connectivity index (χ0) is 13.8. The predicted molar refractivity (Wildman–Crippen MR) is 75.9 cm³/mol. The van der Waals surface area contributed by atoms with Gasteiger partial charge in [0.2, 0.25) is 0 Å².